The van der Waals surface area contributed by atoms with Gasteiger partial charge in [-0.25, -0.2) is 13.1 Å². The first-order valence-corrected chi connectivity index (χ1v) is 6.45. The number of ether oxygens (including phenoxy) is 1. The predicted octanol–water partition coefficient (Wildman–Crippen LogP) is -0.440. The number of aliphatic carboxylic acids is 1. The molecule has 1 unspecified atom stereocenters. The summed E-state index contributed by atoms with van der Waals surface area (Å²) in [6.45, 7) is 0.906. The van der Waals surface area contributed by atoms with Crippen LogP contribution in [-0.2, 0) is 19.6 Å². The maximum absolute atomic E-state index is 11.3. The van der Waals surface area contributed by atoms with Crippen molar-refractivity contribution in [3.05, 3.63) is 0 Å². The minimum Gasteiger partial charge on any atom is -0.481 e. The molecule has 1 heterocycles. The van der Waals surface area contributed by atoms with Crippen LogP contribution in [0, 0.1) is 0 Å². The molecule has 0 aromatic carbocycles. The van der Waals surface area contributed by atoms with Crippen molar-refractivity contribution in [1.82, 2.24) is 4.72 Å². The second-order valence-corrected chi connectivity index (χ2v) is 5.37. The molecule has 7 heteroatoms. The van der Waals surface area contributed by atoms with Crippen LogP contribution in [-0.4, -0.2) is 44.5 Å². The zero-order valence-electron chi connectivity index (χ0n) is 8.31. The molecule has 6 nitrogen and oxygen atoms in total. The molecule has 2 N–H and O–H groups in total. The third-order valence-corrected chi connectivity index (χ3v) is 3.49. The summed E-state index contributed by atoms with van der Waals surface area (Å²) in [5.74, 6) is -1.49. The van der Waals surface area contributed by atoms with Crippen molar-refractivity contribution in [2.24, 2.45) is 0 Å². The topological polar surface area (TPSA) is 92.7 Å². The lowest BCUT2D eigenvalue weighted by atomic mass is 10.2. The normalized spacial score (nSPS) is 21.7. The number of carboxylic acids is 1. The molecule has 1 atom stereocenters. The highest BCUT2D eigenvalue weighted by atomic mass is 32.2. The molecule has 15 heavy (non-hydrogen) atoms. The van der Waals surface area contributed by atoms with E-state index >= 15 is 0 Å². The Morgan fingerprint density at radius 3 is 2.80 bits per heavy atom. The van der Waals surface area contributed by atoms with E-state index in [1.54, 1.807) is 0 Å². The van der Waals surface area contributed by atoms with Crippen LogP contribution in [0.25, 0.3) is 0 Å². The van der Waals surface area contributed by atoms with E-state index in [2.05, 4.69) is 4.72 Å². The fourth-order valence-electron chi connectivity index (χ4n) is 1.32. The first-order valence-electron chi connectivity index (χ1n) is 4.80. The lowest BCUT2D eigenvalue weighted by Gasteiger charge is -2.10. The third kappa shape index (κ3) is 5.10. The van der Waals surface area contributed by atoms with Crippen LogP contribution in [0.15, 0.2) is 0 Å². The van der Waals surface area contributed by atoms with E-state index in [1.807, 2.05) is 0 Å². The predicted molar refractivity (Wildman–Crippen MR) is 53.0 cm³/mol. The Morgan fingerprint density at radius 2 is 2.27 bits per heavy atom. The van der Waals surface area contributed by atoms with Crippen LogP contribution >= 0.6 is 0 Å². The molecule has 0 amide bonds. The van der Waals surface area contributed by atoms with Gasteiger partial charge in [0.05, 0.1) is 18.3 Å². The second kappa shape index (κ2) is 5.43. The number of hydrogen-bond donors (Lipinski definition) is 2. The van der Waals surface area contributed by atoms with Gasteiger partial charge in [-0.2, -0.15) is 0 Å². The summed E-state index contributed by atoms with van der Waals surface area (Å²) in [5, 5.41) is 8.34. The molecule has 0 spiro atoms. The van der Waals surface area contributed by atoms with E-state index in [9.17, 15) is 13.2 Å². The summed E-state index contributed by atoms with van der Waals surface area (Å²) in [6, 6.07) is 0. The minimum atomic E-state index is -3.47. The van der Waals surface area contributed by atoms with Crippen molar-refractivity contribution < 1.29 is 23.1 Å². The largest absolute Gasteiger partial charge is 0.481 e. The molecular formula is C8H15NO5S. The number of sulfonamides is 1. The van der Waals surface area contributed by atoms with Crippen LogP contribution < -0.4 is 4.72 Å². The number of hydrogen-bond acceptors (Lipinski definition) is 4. The van der Waals surface area contributed by atoms with Crippen molar-refractivity contribution in [2.75, 3.05) is 18.9 Å². The first-order chi connectivity index (χ1) is 6.99. The van der Waals surface area contributed by atoms with Crippen LogP contribution in [0.2, 0.25) is 0 Å². The molecule has 1 aliphatic rings. The SMILES string of the molecule is O=C(O)CCS(=O)(=O)NCC1CCCO1. The lowest BCUT2D eigenvalue weighted by molar-refractivity contribution is -0.136. The number of carbonyl (C=O) groups is 1. The Bertz CT molecular complexity index is 307. The van der Waals surface area contributed by atoms with E-state index in [0.29, 0.717) is 6.61 Å². The zero-order valence-corrected chi connectivity index (χ0v) is 9.12. The standard InChI is InChI=1S/C8H15NO5S/c10-8(11)3-5-15(12,13)9-6-7-2-1-4-14-7/h7,9H,1-6H2,(H,10,11). The summed E-state index contributed by atoms with van der Waals surface area (Å²) >= 11 is 0. The molecule has 0 saturated carbocycles. The number of carboxylic acid groups (broad SMARTS) is 1. The zero-order chi connectivity index (χ0) is 11.3. The van der Waals surface area contributed by atoms with E-state index in [0.717, 1.165) is 12.8 Å². The van der Waals surface area contributed by atoms with Gasteiger partial charge in [-0.15, -0.1) is 0 Å². The van der Waals surface area contributed by atoms with Crippen molar-refractivity contribution in [1.29, 1.82) is 0 Å². The Morgan fingerprint density at radius 1 is 1.53 bits per heavy atom. The molecule has 0 bridgehead atoms. The molecule has 88 valence electrons. The van der Waals surface area contributed by atoms with Gasteiger partial charge in [0, 0.05) is 13.2 Å². The van der Waals surface area contributed by atoms with Gasteiger partial charge in [-0.3, -0.25) is 4.79 Å². The highest BCUT2D eigenvalue weighted by molar-refractivity contribution is 7.89. The fourth-order valence-corrected chi connectivity index (χ4v) is 2.35. The van der Waals surface area contributed by atoms with Crippen molar-refractivity contribution in [2.45, 2.75) is 25.4 Å². The maximum Gasteiger partial charge on any atom is 0.304 e. The van der Waals surface area contributed by atoms with Crippen molar-refractivity contribution in [3.63, 3.8) is 0 Å². The molecule has 1 aliphatic heterocycles. The summed E-state index contributed by atoms with van der Waals surface area (Å²) < 4.78 is 30.1. The quantitative estimate of drug-likeness (QED) is 0.653. The maximum atomic E-state index is 11.3. The first kappa shape index (κ1) is 12.4. The van der Waals surface area contributed by atoms with E-state index in [4.69, 9.17) is 9.84 Å². The summed E-state index contributed by atoms with van der Waals surface area (Å²) in [5.41, 5.74) is 0. The molecule has 0 aromatic rings. The fraction of sp³-hybridized carbons (Fsp3) is 0.875. The van der Waals surface area contributed by atoms with E-state index in [1.165, 1.54) is 0 Å². The van der Waals surface area contributed by atoms with Gasteiger partial charge in [0.25, 0.3) is 0 Å². The van der Waals surface area contributed by atoms with Crippen LogP contribution in [0.5, 0.6) is 0 Å². The van der Waals surface area contributed by atoms with Crippen molar-refractivity contribution in [3.8, 4) is 0 Å². The average Bonchev–Trinajstić information content (AvgIpc) is 2.65. The summed E-state index contributed by atoms with van der Waals surface area (Å²) in [6.07, 6.45) is 1.36. The monoisotopic (exact) mass is 237 g/mol. The number of rotatable bonds is 6. The van der Waals surface area contributed by atoms with Gasteiger partial charge in [0.1, 0.15) is 0 Å². The van der Waals surface area contributed by atoms with Gasteiger partial charge in [-0.1, -0.05) is 0 Å². The van der Waals surface area contributed by atoms with Gasteiger partial charge in [-0.05, 0) is 12.8 Å². The Kier molecular flexibility index (Phi) is 4.49. The van der Waals surface area contributed by atoms with Gasteiger partial charge >= 0.3 is 5.97 Å². The lowest BCUT2D eigenvalue weighted by Crippen LogP contribution is -2.34. The smallest absolute Gasteiger partial charge is 0.304 e. The molecule has 0 aliphatic carbocycles. The third-order valence-electron chi connectivity index (χ3n) is 2.14. The molecule has 0 radical (unpaired) electrons. The van der Waals surface area contributed by atoms with Crippen LogP contribution in [0.4, 0.5) is 0 Å². The van der Waals surface area contributed by atoms with E-state index in [-0.39, 0.29) is 24.8 Å². The van der Waals surface area contributed by atoms with Gasteiger partial charge < -0.3 is 9.84 Å². The Hall–Kier alpha value is -0.660. The van der Waals surface area contributed by atoms with Crippen LogP contribution in [0.1, 0.15) is 19.3 Å². The molecule has 1 saturated heterocycles. The molecule has 0 aromatic heterocycles. The van der Waals surface area contributed by atoms with E-state index < -0.39 is 16.0 Å². The number of nitrogens with one attached hydrogen (secondary N) is 1. The van der Waals surface area contributed by atoms with Crippen molar-refractivity contribution >= 4 is 16.0 Å². The highest BCUT2D eigenvalue weighted by Crippen LogP contribution is 2.10. The summed E-state index contributed by atoms with van der Waals surface area (Å²) in [7, 11) is -3.47. The molecular weight excluding hydrogens is 222 g/mol. The minimum absolute atomic E-state index is 0.0652. The van der Waals surface area contributed by atoms with Gasteiger partial charge in [0.2, 0.25) is 10.0 Å². The van der Waals surface area contributed by atoms with Crippen LogP contribution in [0.3, 0.4) is 0 Å². The molecule has 1 fully saturated rings. The second-order valence-electron chi connectivity index (χ2n) is 3.45. The highest BCUT2D eigenvalue weighted by Gasteiger charge is 2.19. The average molecular weight is 237 g/mol. The van der Waals surface area contributed by atoms with Gasteiger partial charge in [0.15, 0.2) is 0 Å². The molecule has 1 rings (SSSR count). The Balaban J connectivity index is 2.26. The Labute approximate surface area is 88.7 Å². The summed E-state index contributed by atoms with van der Waals surface area (Å²) in [4.78, 5) is 10.2.